The highest BCUT2D eigenvalue weighted by molar-refractivity contribution is 5.92. The zero-order valence-electron chi connectivity index (χ0n) is 19.1. The van der Waals surface area contributed by atoms with Crippen LogP contribution in [0, 0.1) is 24.2 Å². The normalized spacial score (nSPS) is 24.4. The van der Waals surface area contributed by atoms with Crippen LogP contribution < -0.4 is 5.32 Å². The number of nitrogens with one attached hydrogen (secondary N) is 1. The molecule has 1 saturated carbocycles. The number of methoxy groups -OCH3 is 1. The Morgan fingerprint density at radius 3 is 2.85 bits per heavy atom. The Bertz CT molecular complexity index is 1260. The van der Waals surface area contributed by atoms with Crippen LogP contribution in [0.2, 0.25) is 0 Å². The van der Waals surface area contributed by atoms with Gasteiger partial charge in [-0.1, -0.05) is 0 Å². The fourth-order valence-electron chi connectivity index (χ4n) is 4.90. The van der Waals surface area contributed by atoms with Crippen LogP contribution in [0.4, 0.5) is 5.82 Å². The molecule has 3 aromatic heterocycles. The van der Waals surface area contributed by atoms with Crippen LogP contribution in [-0.4, -0.2) is 40.8 Å². The summed E-state index contributed by atoms with van der Waals surface area (Å²) < 4.78 is 13.6. The Hall–Kier alpha value is -3.28. The minimum atomic E-state index is -0.552. The first-order chi connectivity index (χ1) is 15.9. The summed E-state index contributed by atoms with van der Waals surface area (Å²) in [6.45, 7) is 4.64. The molecule has 4 heterocycles. The van der Waals surface area contributed by atoms with Crippen LogP contribution in [0.5, 0.6) is 0 Å². The van der Waals surface area contributed by atoms with Crippen LogP contribution in [-0.2, 0) is 19.9 Å². The second kappa shape index (κ2) is 8.25. The zero-order chi connectivity index (χ0) is 23.2. The van der Waals surface area contributed by atoms with Gasteiger partial charge in [0.15, 0.2) is 0 Å². The summed E-state index contributed by atoms with van der Waals surface area (Å²) in [5, 5.41) is 13.0. The molecule has 0 spiro atoms. The number of nitrogens with zero attached hydrogens (tertiary/aromatic N) is 4. The SMILES string of the molecule is CO[C@@]1(c2cc(C)cc(-n3cc([C@H]4C[C@H](C#N)C4)c4cnc(NC(C)=O)cc43)n2)CCOC1. The van der Waals surface area contributed by atoms with E-state index in [0.29, 0.717) is 24.9 Å². The quantitative estimate of drug-likeness (QED) is 0.638. The van der Waals surface area contributed by atoms with Crippen molar-refractivity contribution < 1.29 is 14.3 Å². The van der Waals surface area contributed by atoms with E-state index in [-0.39, 0.29) is 11.8 Å². The predicted octanol–water partition coefficient (Wildman–Crippen LogP) is 3.97. The molecule has 3 aromatic rings. The van der Waals surface area contributed by atoms with Crippen molar-refractivity contribution >= 4 is 22.6 Å². The number of hydrogen-bond donors (Lipinski definition) is 1. The van der Waals surface area contributed by atoms with E-state index in [2.05, 4.69) is 33.2 Å². The molecule has 8 heteroatoms. The maximum atomic E-state index is 11.6. The van der Waals surface area contributed by atoms with Crippen molar-refractivity contribution in [2.75, 3.05) is 25.6 Å². The molecule has 0 aromatic carbocycles. The standard InChI is InChI=1S/C25H27N5O3/c1-15-6-22(25(32-3)4-5-33-14-25)29-24(7-15)30-13-20(18-8-17(9-18)11-26)19-12-27-23(10-21(19)30)28-16(2)31/h6-7,10,12-13,17-18H,4-5,8-9,14H2,1-3H3,(H,27,28,31)/t17-,18-,25-/m0/s1. The first-order valence-corrected chi connectivity index (χ1v) is 11.2. The number of fused-ring (bicyclic) bond motifs is 1. The van der Waals surface area contributed by atoms with Crippen molar-refractivity contribution in [1.82, 2.24) is 14.5 Å². The number of carbonyl (C=O) groups excluding carboxylic acids is 1. The van der Waals surface area contributed by atoms with E-state index in [9.17, 15) is 10.1 Å². The molecule has 1 aliphatic carbocycles. The topological polar surface area (TPSA) is 102 Å². The molecule has 0 unspecified atom stereocenters. The Morgan fingerprint density at radius 2 is 2.18 bits per heavy atom. The second-order valence-corrected chi connectivity index (χ2v) is 9.11. The molecule has 1 atom stereocenters. The summed E-state index contributed by atoms with van der Waals surface area (Å²) in [7, 11) is 1.70. The van der Waals surface area contributed by atoms with E-state index in [1.165, 1.54) is 6.92 Å². The molecule has 1 N–H and O–H groups in total. The highest BCUT2D eigenvalue weighted by Crippen LogP contribution is 2.45. The van der Waals surface area contributed by atoms with Gasteiger partial charge in [0, 0.05) is 56.8 Å². The van der Waals surface area contributed by atoms with Gasteiger partial charge in [-0.15, -0.1) is 0 Å². The van der Waals surface area contributed by atoms with Crippen molar-refractivity contribution in [3.05, 3.63) is 47.4 Å². The average molecular weight is 446 g/mol. The highest BCUT2D eigenvalue weighted by Gasteiger charge is 2.39. The molecule has 33 heavy (non-hydrogen) atoms. The Labute approximate surface area is 192 Å². The lowest BCUT2D eigenvalue weighted by Crippen LogP contribution is -2.30. The maximum Gasteiger partial charge on any atom is 0.222 e. The van der Waals surface area contributed by atoms with Gasteiger partial charge in [-0.05, 0) is 48.9 Å². The molecule has 1 saturated heterocycles. The number of aryl methyl sites for hydroxylation is 1. The number of hydrogen-bond acceptors (Lipinski definition) is 6. The molecular weight excluding hydrogens is 418 g/mol. The van der Waals surface area contributed by atoms with Gasteiger partial charge in [-0.3, -0.25) is 4.79 Å². The molecule has 0 bridgehead atoms. The third-order valence-corrected chi connectivity index (χ3v) is 6.83. The van der Waals surface area contributed by atoms with Crippen LogP contribution in [0.1, 0.15) is 48.9 Å². The third kappa shape index (κ3) is 3.77. The smallest absolute Gasteiger partial charge is 0.222 e. The minimum absolute atomic E-state index is 0.104. The maximum absolute atomic E-state index is 11.6. The second-order valence-electron chi connectivity index (χ2n) is 9.11. The van der Waals surface area contributed by atoms with Crippen molar-refractivity contribution in [1.29, 1.82) is 5.26 Å². The van der Waals surface area contributed by atoms with E-state index in [1.54, 1.807) is 7.11 Å². The lowest BCUT2D eigenvalue weighted by molar-refractivity contribution is -0.114. The Balaban J connectivity index is 1.65. The number of ether oxygens (including phenoxy) is 2. The van der Waals surface area contributed by atoms with E-state index < -0.39 is 5.60 Å². The number of rotatable bonds is 5. The number of amides is 1. The molecular formula is C25H27N5O3. The molecule has 0 radical (unpaired) electrons. The first kappa shape index (κ1) is 21.6. The lowest BCUT2D eigenvalue weighted by atomic mass is 9.72. The largest absolute Gasteiger partial charge is 0.378 e. The van der Waals surface area contributed by atoms with E-state index in [4.69, 9.17) is 14.5 Å². The van der Waals surface area contributed by atoms with Crippen molar-refractivity contribution in [3.8, 4) is 11.9 Å². The number of anilines is 1. The zero-order valence-corrected chi connectivity index (χ0v) is 19.1. The van der Waals surface area contributed by atoms with Gasteiger partial charge >= 0.3 is 0 Å². The molecule has 2 aliphatic rings. The van der Waals surface area contributed by atoms with E-state index >= 15 is 0 Å². The van der Waals surface area contributed by atoms with Gasteiger partial charge in [-0.2, -0.15) is 5.26 Å². The van der Waals surface area contributed by atoms with Crippen molar-refractivity contribution in [2.24, 2.45) is 5.92 Å². The average Bonchev–Trinajstić information content (AvgIpc) is 3.38. The Kier molecular flexibility index (Phi) is 5.39. The summed E-state index contributed by atoms with van der Waals surface area (Å²) in [4.78, 5) is 21.1. The van der Waals surface area contributed by atoms with Gasteiger partial charge in [0.1, 0.15) is 17.2 Å². The summed E-state index contributed by atoms with van der Waals surface area (Å²) in [5.41, 5.74) is 3.45. The summed E-state index contributed by atoms with van der Waals surface area (Å²) in [5.74, 6) is 1.52. The number of nitriles is 1. The van der Waals surface area contributed by atoms with Crippen molar-refractivity contribution in [2.45, 2.75) is 44.6 Å². The molecule has 170 valence electrons. The predicted molar refractivity (Wildman–Crippen MR) is 123 cm³/mol. The fraction of sp³-hybridized carbons (Fsp3) is 0.440. The highest BCUT2D eigenvalue weighted by atomic mass is 16.5. The van der Waals surface area contributed by atoms with Gasteiger partial charge in [0.2, 0.25) is 5.91 Å². The summed E-state index contributed by atoms with van der Waals surface area (Å²) >= 11 is 0. The number of pyridine rings is 2. The minimum Gasteiger partial charge on any atom is -0.378 e. The number of carbonyl (C=O) groups is 1. The van der Waals surface area contributed by atoms with Crippen LogP contribution >= 0.6 is 0 Å². The van der Waals surface area contributed by atoms with Crippen molar-refractivity contribution in [3.63, 3.8) is 0 Å². The Morgan fingerprint density at radius 1 is 1.36 bits per heavy atom. The van der Waals surface area contributed by atoms with Gasteiger partial charge in [-0.25, -0.2) is 9.97 Å². The van der Waals surface area contributed by atoms with Crippen LogP contribution in [0.25, 0.3) is 16.7 Å². The molecule has 2 fully saturated rings. The molecule has 1 amide bonds. The summed E-state index contributed by atoms with van der Waals surface area (Å²) in [6, 6.07) is 8.35. The monoisotopic (exact) mass is 445 g/mol. The molecule has 8 nitrogen and oxygen atoms in total. The summed E-state index contributed by atoms with van der Waals surface area (Å²) in [6.07, 6.45) is 6.37. The van der Waals surface area contributed by atoms with Gasteiger partial charge < -0.3 is 19.4 Å². The third-order valence-electron chi connectivity index (χ3n) is 6.83. The molecule has 1 aliphatic heterocycles. The number of aromatic nitrogens is 3. The first-order valence-electron chi connectivity index (χ1n) is 11.2. The van der Waals surface area contributed by atoms with Gasteiger partial charge in [0.05, 0.1) is 23.9 Å². The fourth-order valence-corrected chi connectivity index (χ4v) is 4.90. The van der Waals surface area contributed by atoms with Gasteiger partial charge in [0.25, 0.3) is 0 Å². The van der Waals surface area contributed by atoms with E-state index in [1.807, 2.05) is 25.3 Å². The van der Waals surface area contributed by atoms with E-state index in [0.717, 1.165) is 52.8 Å². The van der Waals surface area contributed by atoms with Crippen LogP contribution in [0.15, 0.2) is 30.6 Å². The van der Waals surface area contributed by atoms with Crippen LogP contribution in [0.3, 0.4) is 0 Å². The molecule has 5 rings (SSSR count). The lowest BCUT2D eigenvalue weighted by Gasteiger charge is -2.30.